The minimum absolute atomic E-state index is 0.359. The van der Waals surface area contributed by atoms with Crippen LogP contribution in [0.15, 0.2) is 23.1 Å². The van der Waals surface area contributed by atoms with Crippen LogP contribution in [0.4, 0.5) is 0 Å². The van der Waals surface area contributed by atoms with E-state index in [2.05, 4.69) is 5.32 Å². The average Bonchev–Trinajstić information content (AvgIpc) is 2.71. The van der Waals surface area contributed by atoms with Gasteiger partial charge in [0.15, 0.2) is 11.5 Å². The van der Waals surface area contributed by atoms with Crippen LogP contribution in [0.25, 0.3) is 5.57 Å². The molecule has 0 spiro atoms. The van der Waals surface area contributed by atoms with Crippen LogP contribution in [0.3, 0.4) is 0 Å². The van der Waals surface area contributed by atoms with Gasteiger partial charge in [-0.15, -0.1) is 11.8 Å². The molecule has 100 valence electrons. The molecule has 0 aliphatic carbocycles. The highest BCUT2D eigenvalue weighted by molar-refractivity contribution is 8.03. The molecular formula is C13H13NO4S. The third-order valence-corrected chi connectivity index (χ3v) is 3.56. The van der Waals surface area contributed by atoms with Gasteiger partial charge in [0.25, 0.3) is 11.8 Å². The molecular weight excluding hydrogens is 266 g/mol. The lowest BCUT2D eigenvalue weighted by molar-refractivity contribution is -0.123. The predicted molar refractivity (Wildman–Crippen MR) is 73.1 cm³/mol. The van der Waals surface area contributed by atoms with Gasteiger partial charge in [0.1, 0.15) is 0 Å². The molecule has 2 rings (SSSR count). The molecule has 1 aliphatic rings. The molecule has 1 aliphatic heterocycles. The SMILES string of the molecule is COc1ccc(C2=C(SC)C(=O)NC2=O)cc1OC. The molecule has 1 heterocycles. The number of amides is 2. The number of carbonyl (C=O) groups is 2. The van der Waals surface area contributed by atoms with Gasteiger partial charge in [-0.25, -0.2) is 0 Å². The molecule has 19 heavy (non-hydrogen) atoms. The molecule has 0 saturated heterocycles. The fourth-order valence-electron chi connectivity index (χ4n) is 1.89. The van der Waals surface area contributed by atoms with Crippen LogP contribution in [-0.4, -0.2) is 32.3 Å². The molecule has 1 aromatic rings. The summed E-state index contributed by atoms with van der Waals surface area (Å²) >= 11 is 1.25. The number of imide groups is 1. The number of hydrogen-bond acceptors (Lipinski definition) is 5. The third-order valence-electron chi connectivity index (χ3n) is 2.76. The van der Waals surface area contributed by atoms with Gasteiger partial charge in [0, 0.05) is 0 Å². The Kier molecular flexibility index (Phi) is 3.80. The molecule has 2 amide bonds. The first kappa shape index (κ1) is 13.5. The Bertz CT molecular complexity index is 580. The van der Waals surface area contributed by atoms with Gasteiger partial charge in [-0.2, -0.15) is 0 Å². The Hall–Kier alpha value is -1.95. The molecule has 0 radical (unpaired) electrons. The quantitative estimate of drug-likeness (QED) is 0.845. The van der Waals surface area contributed by atoms with E-state index in [1.54, 1.807) is 24.5 Å². The van der Waals surface area contributed by atoms with E-state index in [9.17, 15) is 9.59 Å². The van der Waals surface area contributed by atoms with Gasteiger partial charge < -0.3 is 9.47 Å². The maximum Gasteiger partial charge on any atom is 0.265 e. The van der Waals surface area contributed by atoms with E-state index < -0.39 is 0 Å². The highest BCUT2D eigenvalue weighted by Gasteiger charge is 2.31. The molecule has 0 aromatic heterocycles. The van der Waals surface area contributed by atoms with Crippen LogP contribution in [0.2, 0.25) is 0 Å². The van der Waals surface area contributed by atoms with Crippen molar-refractivity contribution in [1.82, 2.24) is 5.32 Å². The first-order chi connectivity index (χ1) is 9.12. The molecule has 0 bridgehead atoms. The van der Waals surface area contributed by atoms with Crippen molar-refractivity contribution in [3.8, 4) is 11.5 Å². The van der Waals surface area contributed by atoms with E-state index in [1.165, 1.54) is 26.0 Å². The summed E-state index contributed by atoms with van der Waals surface area (Å²) < 4.78 is 10.3. The summed E-state index contributed by atoms with van der Waals surface area (Å²) in [6, 6.07) is 5.11. The second-order valence-corrected chi connectivity index (χ2v) is 4.58. The molecule has 0 unspecified atom stereocenters. The summed E-state index contributed by atoms with van der Waals surface area (Å²) in [5.41, 5.74) is 1.00. The lowest BCUT2D eigenvalue weighted by Gasteiger charge is -2.09. The van der Waals surface area contributed by atoms with Gasteiger partial charge in [-0.1, -0.05) is 6.07 Å². The lowest BCUT2D eigenvalue weighted by Crippen LogP contribution is -2.22. The summed E-state index contributed by atoms with van der Waals surface area (Å²) in [5, 5.41) is 2.29. The zero-order valence-electron chi connectivity index (χ0n) is 10.8. The standard InChI is InChI=1S/C13H13NO4S/c1-17-8-5-4-7(6-9(8)18-2)10-11(19-3)13(16)14-12(10)15/h4-6H,1-3H3,(H,14,15,16). The zero-order chi connectivity index (χ0) is 14.0. The molecule has 1 N–H and O–H groups in total. The van der Waals surface area contributed by atoms with Crippen LogP contribution in [0.5, 0.6) is 11.5 Å². The highest BCUT2D eigenvalue weighted by atomic mass is 32.2. The number of rotatable bonds is 4. The largest absolute Gasteiger partial charge is 0.493 e. The Labute approximate surface area is 115 Å². The number of hydrogen-bond donors (Lipinski definition) is 1. The third kappa shape index (κ3) is 2.31. The molecule has 0 fully saturated rings. The van der Waals surface area contributed by atoms with Gasteiger partial charge >= 0.3 is 0 Å². The minimum atomic E-state index is -0.387. The Morgan fingerprint density at radius 3 is 2.32 bits per heavy atom. The summed E-state index contributed by atoms with van der Waals surface area (Å²) in [6.45, 7) is 0. The predicted octanol–water partition coefficient (Wildman–Crippen LogP) is 1.43. The second kappa shape index (κ2) is 5.36. The number of nitrogens with one attached hydrogen (secondary N) is 1. The van der Waals surface area contributed by atoms with E-state index >= 15 is 0 Å². The van der Waals surface area contributed by atoms with Crippen molar-refractivity contribution in [2.24, 2.45) is 0 Å². The second-order valence-electron chi connectivity index (χ2n) is 3.76. The van der Waals surface area contributed by atoms with Crippen molar-refractivity contribution in [3.63, 3.8) is 0 Å². The monoisotopic (exact) mass is 279 g/mol. The summed E-state index contributed by atoms with van der Waals surface area (Å²) in [5.74, 6) is 0.339. The van der Waals surface area contributed by atoms with Crippen molar-refractivity contribution in [2.45, 2.75) is 0 Å². The number of benzene rings is 1. The number of ether oxygens (including phenoxy) is 2. The van der Waals surface area contributed by atoms with Crippen LogP contribution in [-0.2, 0) is 9.59 Å². The fraction of sp³-hybridized carbons (Fsp3) is 0.231. The number of thioether (sulfide) groups is 1. The molecule has 0 saturated carbocycles. The van der Waals surface area contributed by atoms with Gasteiger partial charge in [-0.3, -0.25) is 14.9 Å². The van der Waals surface area contributed by atoms with E-state index in [0.29, 0.717) is 27.5 Å². The molecule has 0 atom stereocenters. The Balaban J connectivity index is 2.55. The zero-order valence-corrected chi connectivity index (χ0v) is 11.6. The first-order valence-corrected chi connectivity index (χ1v) is 6.71. The van der Waals surface area contributed by atoms with Gasteiger partial charge in [-0.05, 0) is 24.0 Å². The molecule has 5 nitrogen and oxygen atoms in total. The van der Waals surface area contributed by atoms with Crippen LogP contribution < -0.4 is 14.8 Å². The maximum atomic E-state index is 11.8. The summed E-state index contributed by atoms with van der Waals surface area (Å²) in [6.07, 6.45) is 1.76. The van der Waals surface area contributed by atoms with Gasteiger partial charge in [0.05, 0.1) is 24.7 Å². The smallest absolute Gasteiger partial charge is 0.265 e. The van der Waals surface area contributed by atoms with E-state index in [1.807, 2.05) is 0 Å². The molecule has 1 aromatic carbocycles. The average molecular weight is 279 g/mol. The maximum absolute atomic E-state index is 11.8. The Morgan fingerprint density at radius 1 is 1.05 bits per heavy atom. The molecule has 6 heteroatoms. The topological polar surface area (TPSA) is 64.6 Å². The van der Waals surface area contributed by atoms with Crippen LogP contribution >= 0.6 is 11.8 Å². The van der Waals surface area contributed by atoms with Crippen molar-refractivity contribution in [3.05, 3.63) is 28.7 Å². The van der Waals surface area contributed by atoms with Crippen molar-refractivity contribution in [2.75, 3.05) is 20.5 Å². The first-order valence-electron chi connectivity index (χ1n) is 5.48. The lowest BCUT2D eigenvalue weighted by atomic mass is 10.1. The van der Waals surface area contributed by atoms with Gasteiger partial charge in [0.2, 0.25) is 0 Å². The highest BCUT2D eigenvalue weighted by Crippen LogP contribution is 2.35. The van der Waals surface area contributed by atoms with E-state index in [0.717, 1.165) is 0 Å². The summed E-state index contributed by atoms with van der Waals surface area (Å²) in [7, 11) is 3.06. The van der Waals surface area contributed by atoms with E-state index in [-0.39, 0.29) is 11.8 Å². The summed E-state index contributed by atoms with van der Waals surface area (Å²) in [4.78, 5) is 23.9. The van der Waals surface area contributed by atoms with Crippen molar-refractivity contribution >= 4 is 29.1 Å². The number of carbonyl (C=O) groups excluding carboxylic acids is 2. The van der Waals surface area contributed by atoms with Crippen molar-refractivity contribution in [1.29, 1.82) is 0 Å². The Morgan fingerprint density at radius 2 is 1.74 bits per heavy atom. The van der Waals surface area contributed by atoms with Crippen LogP contribution in [0, 0.1) is 0 Å². The fourth-order valence-corrected chi connectivity index (χ4v) is 2.54. The normalized spacial score (nSPS) is 14.7. The van der Waals surface area contributed by atoms with E-state index in [4.69, 9.17) is 9.47 Å². The minimum Gasteiger partial charge on any atom is -0.493 e. The number of methoxy groups -OCH3 is 2. The van der Waals surface area contributed by atoms with Crippen molar-refractivity contribution < 1.29 is 19.1 Å². The van der Waals surface area contributed by atoms with Crippen LogP contribution in [0.1, 0.15) is 5.56 Å².